The zero-order valence-electron chi connectivity index (χ0n) is 14.1. The number of aromatic carboxylic acids is 2. The van der Waals surface area contributed by atoms with Gasteiger partial charge >= 0.3 is 11.9 Å². The minimum Gasteiger partial charge on any atom is -0.478 e. The maximum atomic E-state index is 10.9. The average molecular weight is 429 g/mol. The maximum absolute atomic E-state index is 10.9. The van der Waals surface area contributed by atoms with E-state index in [1.165, 1.54) is 6.07 Å². The molecule has 0 saturated heterocycles. The molecular formula is C20H17BrN2O4. The third-order valence-corrected chi connectivity index (χ3v) is 4.13. The fourth-order valence-corrected chi connectivity index (χ4v) is 2.63. The SMILES string of the molecule is Nc1ccc(-c2ccccc2)cc1C(=O)O.Nc1ccc(Br)cc1C(=O)O. The largest absolute Gasteiger partial charge is 0.478 e. The van der Waals surface area contributed by atoms with Gasteiger partial charge in [-0.3, -0.25) is 0 Å². The zero-order valence-corrected chi connectivity index (χ0v) is 15.7. The van der Waals surface area contributed by atoms with E-state index in [1.807, 2.05) is 36.4 Å². The Bertz CT molecular complexity index is 975. The number of nitrogens with two attached hydrogens (primary N) is 2. The van der Waals surface area contributed by atoms with Crippen molar-refractivity contribution in [2.45, 2.75) is 0 Å². The lowest BCUT2D eigenvalue weighted by Crippen LogP contribution is -2.02. The first-order valence-corrected chi connectivity index (χ1v) is 8.55. The summed E-state index contributed by atoms with van der Waals surface area (Å²) in [5.41, 5.74) is 13.6. The molecule has 0 heterocycles. The van der Waals surface area contributed by atoms with Crippen LogP contribution in [0.25, 0.3) is 11.1 Å². The van der Waals surface area contributed by atoms with E-state index >= 15 is 0 Å². The van der Waals surface area contributed by atoms with Crippen molar-refractivity contribution < 1.29 is 19.8 Å². The van der Waals surface area contributed by atoms with E-state index in [4.69, 9.17) is 21.7 Å². The van der Waals surface area contributed by atoms with Crippen LogP contribution in [0, 0.1) is 0 Å². The van der Waals surface area contributed by atoms with Crippen molar-refractivity contribution >= 4 is 39.2 Å². The second-order valence-electron chi connectivity index (χ2n) is 5.51. The molecule has 0 fully saturated rings. The molecule has 3 aromatic carbocycles. The van der Waals surface area contributed by atoms with E-state index in [9.17, 15) is 9.59 Å². The predicted molar refractivity (Wildman–Crippen MR) is 109 cm³/mol. The lowest BCUT2D eigenvalue weighted by molar-refractivity contribution is 0.0687. The standard InChI is InChI=1S/C13H11NO2.C7H6BrNO2/c14-12-7-6-10(8-11(12)13(15)16)9-4-2-1-3-5-9;8-4-1-2-6(9)5(3-4)7(10)11/h1-8H,14H2,(H,15,16);1-3H,9H2,(H,10,11). The van der Waals surface area contributed by atoms with Crippen molar-refractivity contribution in [3.63, 3.8) is 0 Å². The molecular weight excluding hydrogens is 412 g/mol. The zero-order chi connectivity index (χ0) is 20.0. The normalized spacial score (nSPS) is 9.81. The Balaban J connectivity index is 0.000000208. The molecule has 0 amide bonds. The summed E-state index contributed by atoms with van der Waals surface area (Å²) in [7, 11) is 0. The summed E-state index contributed by atoms with van der Waals surface area (Å²) in [5.74, 6) is -2.01. The van der Waals surface area contributed by atoms with E-state index in [0.29, 0.717) is 4.47 Å². The smallest absolute Gasteiger partial charge is 0.337 e. The van der Waals surface area contributed by atoms with Gasteiger partial charge in [-0.15, -0.1) is 0 Å². The van der Waals surface area contributed by atoms with Gasteiger partial charge in [-0.25, -0.2) is 9.59 Å². The number of rotatable bonds is 3. The van der Waals surface area contributed by atoms with Gasteiger partial charge in [-0.05, 0) is 41.5 Å². The van der Waals surface area contributed by atoms with Gasteiger partial charge < -0.3 is 21.7 Å². The van der Waals surface area contributed by atoms with E-state index in [0.717, 1.165) is 11.1 Å². The van der Waals surface area contributed by atoms with Crippen LogP contribution in [0.15, 0.2) is 71.2 Å². The molecule has 138 valence electrons. The first-order valence-electron chi connectivity index (χ1n) is 7.76. The molecule has 0 aliphatic carbocycles. The van der Waals surface area contributed by atoms with Crippen molar-refractivity contribution in [3.8, 4) is 11.1 Å². The summed E-state index contributed by atoms with van der Waals surface area (Å²) in [5, 5.41) is 17.5. The molecule has 7 heteroatoms. The van der Waals surface area contributed by atoms with Crippen LogP contribution in [0.1, 0.15) is 20.7 Å². The van der Waals surface area contributed by atoms with Crippen LogP contribution < -0.4 is 11.5 Å². The third kappa shape index (κ3) is 5.32. The van der Waals surface area contributed by atoms with Crippen molar-refractivity contribution in [2.75, 3.05) is 11.5 Å². The Morgan fingerprint density at radius 3 is 1.74 bits per heavy atom. The highest BCUT2D eigenvalue weighted by Gasteiger charge is 2.09. The lowest BCUT2D eigenvalue weighted by Gasteiger charge is -2.05. The van der Waals surface area contributed by atoms with Gasteiger partial charge in [-0.1, -0.05) is 52.3 Å². The van der Waals surface area contributed by atoms with Crippen LogP contribution in [-0.4, -0.2) is 22.2 Å². The van der Waals surface area contributed by atoms with Crippen LogP contribution in [0.4, 0.5) is 11.4 Å². The van der Waals surface area contributed by atoms with Crippen molar-refractivity contribution in [1.82, 2.24) is 0 Å². The highest BCUT2D eigenvalue weighted by Crippen LogP contribution is 2.23. The Morgan fingerprint density at radius 2 is 1.22 bits per heavy atom. The van der Waals surface area contributed by atoms with Crippen LogP contribution >= 0.6 is 15.9 Å². The molecule has 0 bridgehead atoms. The second-order valence-corrected chi connectivity index (χ2v) is 6.43. The molecule has 0 aliphatic rings. The Labute approximate surface area is 164 Å². The summed E-state index contributed by atoms with van der Waals surface area (Å²) >= 11 is 3.15. The summed E-state index contributed by atoms with van der Waals surface area (Å²) < 4.78 is 0.712. The highest BCUT2D eigenvalue weighted by atomic mass is 79.9. The number of benzene rings is 3. The van der Waals surface area contributed by atoms with Crippen LogP contribution in [-0.2, 0) is 0 Å². The molecule has 0 spiro atoms. The molecule has 0 saturated carbocycles. The van der Waals surface area contributed by atoms with Gasteiger partial charge in [0, 0.05) is 15.8 Å². The summed E-state index contributed by atoms with van der Waals surface area (Å²) in [6.07, 6.45) is 0. The topological polar surface area (TPSA) is 127 Å². The van der Waals surface area contributed by atoms with Gasteiger partial charge in [0.15, 0.2) is 0 Å². The molecule has 0 radical (unpaired) electrons. The number of carboxylic acids is 2. The molecule has 3 aromatic rings. The third-order valence-electron chi connectivity index (χ3n) is 3.64. The van der Waals surface area contributed by atoms with Gasteiger partial charge in [0.25, 0.3) is 0 Å². The predicted octanol–water partition coefficient (Wildman–Crippen LogP) is 4.36. The number of carbonyl (C=O) groups is 2. The van der Waals surface area contributed by atoms with Crippen LogP contribution in [0.2, 0.25) is 0 Å². The summed E-state index contributed by atoms with van der Waals surface area (Å²) in [6.45, 7) is 0. The quantitative estimate of drug-likeness (QED) is 0.458. The van der Waals surface area contributed by atoms with Crippen molar-refractivity contribution in [3.05, 3.63) is 82.3 Å². The van der Waals surface area contributed by atoms with Gasteiger partial charge in [0.05, 0.1) is 11.1 Å². The minimum atomic E-state index is -1.01. The van der Waals surface area contributed by atoms with Gasteiger partial charge in [0.2, 0.25) is 0 Å². The maximum Gasteiger partial charge on any atom is 0.337 e. The number of nitrogen functional groups attached to an aromatic ring is 2. The Hall–Kier alpha value is -3.32. The van der Waals surface area contributed by atoms with Crippen LogP contribution in [0.3, 0.4) is 0 Å². The van der Waals surface area contributed by atoms with Crippen molar-refractivity contribution in [1.29, 1.82) is 0 Å². The number of anilines is 2. The fraction of sp³-hybridized carbons (Fsp3) is 0. The molecule has 0 aliphatic heterocycles. The number of hydrogen-bond acceptors (Lipinski definition) is 4. The minimum absolute atomic E-state index is 0.124. The molecule has 6 N–H and O–H groups in total. The fourth-order valence-electron chi connectivity index (χ4n) is 2.27. The van der Waals surface area contributed by atoms with Gasteiger partial charge in [-0.2, -0.15) is 0 Å². The van der Waals surface area contributed by atoms with Crippen LogP contribution in [0.5, 0.6) is 0 Å². The molecule has 3 rings (SSSR count). The first-order chi connectivity index (χ1) is 12.8. The summed E-state index contributed by atoms with van der Waals surface area (Å²) in [6, 6.07) is 19.3. The average Bonchev–Trinajstić information content (AvgIpc) is 2.65. The molecule has 0 unspecified atom stereocenters. The monoisotopic (exact) mass is 428 g/mol. The first kappa shape index (κ1) is 20.0. The lowest BCUT2D eigenvalue weighted by atomic mass is 10.0. The highest BCUT2D eigenvalue weighted by molar-refractivity contribution is 9.10. The number of hydrogen-bond donors (Lipinski definition) is 4. The Kier molecular flexibility index (Phi) is 6.56. The van der Waals surface area contributed by atoms with E-state index in [1.54, 1.807) is 24.3 Å². The Morgan fingerprint density at radius 1 is 0.704 bits per heavy atom. The number of carboxylic acid groups (broad SMARTS) is 2. The second kappa shape index (κ2) is 8.86. The molecule has 0 aromatic heterocycles. The summed E-state index contributed by atoms with van der Waals surface area (Å²) in [4.78, 5) is 21.4. The van der Waals surface area contributed by atoms with E-state index in [-0.39, 0.29) is 22.5 Å². The number of halogens is 1. The molecule has 0 atom stereocenters. The van der Waals surface area contributed by atoms with Crippen molar-refractivity contribution in [2.24, 2.45) is 0 Å². The molecule has 6 nitrogen and oxygen atoms in total. The molecule has 27 heavy (non-hydrogen) atoms. The van der Waals surface area contributed by atoms with E-state index in [2.05, 4.69) is 15.9 Å². The van der Waals surface area contributed by atoms with Gasteiger partial charge in [0.1, 0.15) is 0 Å². The van der Waals surface area contributed by atoms with E-state index < -0.39 is 11.9 Å².